The summed E-state index contributed by atoms with van der Waals surface area (Å²) < 4.78 is 0. The van der Waals surface area contributed by atoms with Crippen LogP contribution in [0.15, 0.2) is 48.7 Å². The zero-order valence-corrected chi connectivity index (χ0v) is 12.9. The van der Waals surface area contributed by atoms with Gasteiger partial charge in [-0.2, -0.15) is 0 Å². The molecule has 0 aliphatic heterocycles. The van der Waals surface area contributed by atoms with Crippen molar-refractivity contribution in [2.24, 2.45) is 0 Å². The minimum Gasteiger partial charge on any atom is -0.550 e. The van der Waals surface area contributed by atoms with Gasteiger partial charge in [-0.25, -0.2) is 4.98 Å². The summed E-state index contributed by atoms with van der Waals surface area (Å²) in [6.07, 6.45) is 1.70. The summed E-state index contributed by atoms with van der Waals surface area (Å²) in [5.74, 6) is -0.924. The topological polar surface area (TPSA) is 65.0 Å². The van der Waals surface area contributed by atoms with Crippen LogP contribution in [0.25, 0.3) is 0 Å². The molecule has 0 fully saturated rings. The molecule has 4 nitrogen and oxygen atoms in total. The fourth-order valence-electron chi connectivity index (χ4n) is 1.58. The van der Waals surface area contributed by atoms with Crippen LogP contribution in [0.4, 0.5) is 11.5 Å². The summed E-state index contributed by atoms with van der Waals surface area (Å²) in [6, 6.07) is 12.8. The number of carbonyl (C=O) groups excluding carboxylic acids is 1. The Morgan fingerprint density at radius 2 is 1.89 bits per heavy atom. The Bertz CT molecular complexity index is 529. The van der Waals surface area contributed by atoms with Crippen molar-refractivity contribution in [3.8, 4) is 0 Å². The van der Waals surface area contributed by atoms with Gasteiger partial charge in [-0.3, -0.25) is 0 Å². The molecule has 0 spiro atoms. The maximum Gasteiger partial charge on any atom is 2.00 e. The number of hydrogen-bond acceptors (Lipinski definition) is 4. The molecule has 0 bridgehead atoms. The molecule has 0 saturated heterocycles. The Morgan fingerprint density at radius 1 is 1.21 bits per heavy atom. The standard InChI is InChI=1S/C14H14N2O2.Ca/c1-10(14(17)18)11-5-7-12(8-6-11)16-13-4-2-3-9-15-13;/h2-10H,1H3,(H,15,16)(H,17,18);/q;+2/p-1. The van der Waals surface area contributed by atoms with Crippen molar-refractivity contribution in [1.82, 2.24) is 4.98 Å². The van der Waals surface area contributed by atoms with Gasteiger partial charge < -0.3 is 15.2 Å². The summed E-state index contributed by atoms with van der Waals surface area (Å²) in [6.45, 7) is 1.61. The maximum absolute atomic E-state index is 10.7. The third-order valence-corrected chi connectivity index (χ3v) is 2.70. The van der Waals surface area contributed by atoms with Gasteiger partial charge in [0.15, 0.2) is 0 Å². The van der Waals surface area contributed by atoms with Gasteiger partial charge >= 0.3 is 37.7 Å². The summed E-state index contributed by atoms with van der Waals surface area (Å²) in [4.78, 5) is 14.9. The third kappa shape index (κ3) is 4.49. The van der Waals surface area contributed by atoms with E-state index in [4.69, 9.17) is 0 Å². The van der Waals surface area contributed by atoms with Crippen molar-refractivity contribution in [3.05, 3.63) is 54.2 Å². The Balaban J connectivity index is 0.00000180. The number of pyridine rings is 1. The van der Waals surface area contributed by atoms with Crippen LogP contribution in [-0.4, -0.2) is 48.7 Å². The molecule has 1 N–H and O–H groups in total. The maximum atomic E-state index is 10.7. The number of aromatic nitrogens is 1. The van der Waals surface area contributed by atoms with Crippen LogP contribution in [-0.2, 0) is 4.79 Å². The Morgan fingerprint density at radius 3 is 2.42 bits per heavy atom. The number of carboxylic acids is 1. The van der Waals surface area contributed by atoms with E-state index >= 15 is 0 Å². The fraction of sp³-hybridized carbons (Fsp3) is 0.143. The monoisotopic (exact) mass is 281 g/mol. The van der Waals surface area contributed by atoms with E-state index in [1.165, 1.54) is 0 Å². The number of anilines is 2. The molecule has 0 radical (unpaired) electrons. The van der Waals surface area contributed by atoms with Gasteiger partial charge in [-0.15, -0.1) is 0 Å². The number of nitrogens with one attached hydrogen (secondary N) is 1. The fourth-order valence-corrected chi connectivity index (χ4v) is 1.58. The van der Waals surface area contributed by atoms with Crippen LogP contribution in [0.2, 0.25) is 0 Å². The minimum absolute atomic E-state index is 0. The smallest absolute Gasteiger partial charge is 0.550 e. The number of carbonyl (C=O) groups is 1. The first kappa shape index (κ1) is 16.0. The second kappa shape index (κ2) is 7.48. The minimum atomic E-state index is -1.07. The molecular weight excluding hydrogens is 268 g/mol. The molecular formula is C14H13CaN2O2+. The molecule has 0 saturated carbocycles. The molecule has 2 rings (SSSR count). The predicted molar refractivity (Wildman–Crippen MR) is 73.1 cm³/mol. The first-order valence-corrected chi connectivity index (χ1v) is 5.65. The zero-order valence-electron chi connectivity index (χ0n) is 10.7. The number of nitrogens with zero attached hydrogens (tertiary/aromatic N) is 1. The molecule has 1 aromatic heterocycles. The largest absolute Gasteiger partial charge is 2.00 e. The van der Waals surface area contributed by atoms with E-state index in [0.29, 0.717) is 0 Å². The Hall–Kier alpha value is -1.10. The van der Waals surface area contributed by atoms with Crippen LogP contribution in [0.1, 0.15) is 18.4 Å². The van der Waals surface area contributed by atoms with Crippen LogP contribution in [0.3, 0.4) is 0 Å². The number of hydrogen-bond donors (Lipinski definition) is 1. The summed E-state index contributed by atoms with van der Waals surface area (Å²) >= 11 is 0. The third-order valence-electron chi connectivity index (χ3n) is 2.70. The first-order chi connectivity index (χ1) is 8.66. The zero-order chi connectivity index (χ0) is 13.0. The van der Waals surface area contributed by atoms with Gasteiger partial charge in [-0.05, 0) is 29.8 Å². The van der Waals surface area contributed by atoms with Gasteiger partial charge in [0.25, 0.3) is 0 Å². The molecule has 0 amide bonds. The van der Waals surface area contributed by atoms with Crippen molar-refractivity contribution < 1.29 is 9.90 Å². The summed E-state index contributed by atoms with van der Waals surface area (Å²) in [5, 5.41) is 13.9. The van der Waals surface area contributed by atoms with Gasteiger partial charge in [0, 0.05) is 23.8 Å². The average Bonchev–Trinajstić information content (AvgIpc) is 2.40. The average molecular weight is 281 g/mol. The van der Waals surface area contributed by atoms with Crippen LogP contribution in [0, 0.1) is 0 Å². The first-order valence-electron chi connectivity index (χ1n) is 5.65. The molecule has 0 aliphatic rings. The van der Waals surface area contributed by atoms with E-state index in [0.717, 1.165) is 17.1 Å². The van der Waals surface area contributed by atoms with Crippen LogP contribution >= 0.6 is 0 Å². The molecule has 1 atom stereocenters. The van der Waals surface area contributed by atoms with Crippen molar-refractivity contribution in [3.63, 3.8) is 0 Å². The molecule has 0 aliphatic carbocycles. The van der Waals surface area contributed by atoms with Crippen LogP contribution in [0.5, 0.6) is 0 Å². The Kier molecular flexibility index (Phi) is 6.28. The van der Waals surface area contributed by atoms with Crippen molar-refractivity contribution in [1.29, 1.82) is 0 Å². The van der Waals surface area contributed by atoms with E-state index in [9.17, 15) is 9.90 Å². The number of carboxylic acid groups (broad SMARTS) is 1. The van der Waals surface area contributed by atoms with E-state index in [2.05, 4.69) is 10.3 Å². The second-order valence-electron chi connectivity index (χ2n) is 4.00. The van der Waals surface area contributed by atoms with Gasteiger partial charge in [-0.1, -0.05) is 25.1 Å². The predicted octanol–water partition coefficient (Wildman–Crippen LogP) is 1.30. The number of benzene rings is 1. The van der Waals surface area contributed by atoms with Crippen molar-refractivity contribution in [2.45, 2.75) is 12.8 Å². The van der Waals surface area contributed by atoms with Gasteiger partial charge in [0.1, 0.15) is 5.82 Å². The summed E-state index contributed by atoms with van der Waals surface area (Å²) in [7, 11) is 0. The van der Waals surface area contributed by atoms with E-state index in [-0.39, 0.29) is 37.7 Å². The van der Waals surface area contributed by atoms with Crippen LogP contribution < -0.4 is 10.4 Å². The SMILES string of the molecule is CC(C(=O)[O-])c1ccc(Nc2ccccn2)cc1.[Ca+2]. The second-order valence-corrected chi connectivity index (χ2v) is 4.00. The van der Waals surface area contributed by atoms with Gasteiger partial charge in [0.05, 0.1) is 0 Å². The number of aliphatic carboxylic acids is 1. The molecule has 1 unspecified atom stereocenters. The van der Waals surface area contributed by atoms with Crippen molar-refractivity contribution in [2.75, 3.05) is 5.32 Å². The van der Waals surface area contributed by atoms with E-state index < -0.39 is 11.9 Å². The molecule has 92 valence electrons. The molecule has 19 heavy (non-hydrogen) atoms. The number of rotatable bonds is 4. The quantitative estimate of drug-likeness (QED) is 0.858. The molecule has 1 aromatic carbocycles. The molecule has 1 heterocycles. The normalized spacial score (nSPS) is 11.2. The van der Waals surface area contributed by atoms with E-state index in [1.807, 2.05) is 30.3 Å². The summed E-state index contributed by atoms with van der Waals surface area (Å²) in [5.41, 5.74) is 1.59. The molecule has 5 heteroatoms. The van der Waals surface area contributed by atoms with Crippen molar-refractivity contribution >= 4 is 55.2 Å². The van der Waals surface area contributed by atoms with E-state index in [1.54, 1.807) is 25.3 Å². The Labute approximate surface area is 141 Å². The van der Waals surface area contributed by atoms with Gasteiger partial charge in [0.2, 0.25) is 0 Å². The molecule has 2 aromatic rings.